The maximum atomic E-state index is 13.3. The normalized spacial score (nSPS) is 14.0. The van der Waals surface area contributed by atoms with E-state index in [0.29, 0.717) is 26.2 Å². The van der Waals surface area contributed by atoms with Crippen LogP contribution in [0.3, 0.4) is 0 Å². The molecule has 2 amide bonds. The second-order valence-corrected chi connectivity index (χ2v) is 6.68. The van der Waals surface area contributed by atoms with Crippen molar-refractivity contribution in [3.05, 3.63) is 72.3 Å². The highest BCUT2D eigenvalue weighted by Gasteiger charge is 2.22. The molecule has 0 aliphatic carbocycles. The molecule has 4 rings (SSSR count). The van der Waals surface area contributed by atoms with E-state index in [1.165, 1.54) is 6.07 Å². The molecular formula is C21H19F2N5O. The van der Waals surface area contributed by atoms with E-state index in [9.17, 15) is 13.6 Å². The zero-order chi connectivity index (χ0) is 20.2. The van der Waals surface area contributed by atoms with Gasteiger partial charge in [0.1, 0.15) is 0 Å². The molecule has 0 spiro atoms. The molecule has 1 fully saturated rings. The Morgan fingerprint density at radius 1 is 0.862 bits per heavy atom. The van der Waals surface area contributed by atoms with E-state index >= 15 is 0 Å². The van der Waals surface area contributed by atoms with Crippen molar-refractivity contribution in [2.24, 2.45) is 0 Å². The minimum Gasteiger partial charge on any atom is -0.352 e. The van der Waals surface area contributed by atoms with Gasteiger partial charge in [-0.2, -0.15) is 0 Å². The first kappa shape index (κ1) is 18.8. The van der Waals surface area contributed by atoms with Gasteiger partial charge in [-0.05, 0) is 24.3 Å². The average Bonchev–Trinajstić information content (AvgIpc) is 2.77. The monoisotopic (exact) mass is 395 g/mol. The van der Waals surface area contributed by atoms with Crippen molar-refractivity contribution < 1.29 is 13.6 Å². The van der Waals surface area contributed by atoms with Gasteiger partial charge in [-0.3, -0.25) is 0 Å². The number of aromatic nitrogens is 2. The van der Waals surface area contributed by atoms with Crippen LogP contribution in [0, 0.1) is 11.6 Å². The number of carbonyl (C=O) groups is 1. The first-order valence-corrected chi connectivity index (χ1v) is 9.25. The molecule has 1 aromatic heterocycles. The summed E-state index contributed by atoms with van der Waals surface area (Å²) in [6, 6.07) is 16.6. The van der Waals surface area contributed by atoms with E-state index in [0.717, 1.165) is 29.2 Å². The van der Waals surface area contributed by atoms with Gasteiger partial charge < -0.3 is 15.1 Å². The Balaban J connectivity index is 1.34. The molecular weight excluding hydrogens is 376 g/mol. The summed E-state index contributed by atoms with van der Waals surface area (Å²) in [4.78, 5) is 16.0. The number of carbonyl (C=O) groups excluding carboxylic acids is 1. The van der Waals surface area contributed by atoms with Crippen molar-refractivity contribution in [1.29, 1.82) is 0 Å². The maximum absolute atomic E-state index is 13.3. The molecule has 1 saturated heterocycles. The van der Waals surface area contributed by atoms with Gasteiger partial charge in [-0.25, -0.2) is 13.6 Å². The van der Waals surface area contributed by atoms with E-state index in [-0.39, 0.29) is 11.7 Å². The van der Waals surface area contributed by atoms with Crippen LogP contribution in [0.5, 0.6) is 0 Å². The number of halogens is 2. The SMILES string of the molecule is O=C(Nc1ccc(F)c(F)c1)N1CCN(c2ccc(-c3ccccc3)nn2)CC1. The van der Waals surface area contributed by atoms with Crippen molar-refractivity contribution >= 4 is 17.5 Å². The lowest BCUT2D eigenvalue weighted by molar-refractivity contribution is 0.208. The molecule has 1 aliphatic rings. The van der Waals surface area contributed by atoms with Gasteiger partial charge in [0.05, 0.1) is 5.69 Å². The molecule has 0 saturated carbocycles. The highest BCUT2D eigenvalue weighted by Crippen LogP contribution is 2.19. The molecule has 2 aromatic carbocycles. The second-order valence-electron chi connectivity index (χ2n) is 6.68. The lowest BCUT2D eigenvalue weighted by atomic mass is 10.1. The van der Waals surface area contributed by atoms with Gasteiger partial charge in [0.15, 0.2) is 17.5 Å². The summed E-state index contributed by atoms with van der Waals surface area (Å²) in [5, 5.41) is 11.2. The molecule has 3 aromatic rings. The van der Waals surface area contributed by atoms with E-state index in [4.69, 9.17) is 0 Å². The quantitative estimate of drug-likeness (QED) is 0.733. The lowest BCUT2D eigenvalue weighted by Gasteiger charge is -2.35. The smallest absolute Gasteiger partial charge is 0.321 e. The van der Waals surface area contributed by atoms with Crippen LogP contribution in [-0.4, -0.2) is 47.3 Å². The third kappa shape index (κ3) is 4.31. The van der Waals surface area contributed by atoms with E-state index < -0.39 is 11.6 Å². The molecule has 1 N–H and O–H groups in total. The van der Waals surface area contributed by atoms with Gasteiger partial charge in [0.2, 0.25) is 0 Å². The Morgan fingerprint density at radius 3 is 2.28 bits per heavy atom. The summed E-state index contributed by atoms with van der Waals surface area (Å²) in [6.07, 6.45) is 0. The Labute approximate surface area is 166 Å². The van der Waals surface area contributed by atoms with Crippen molar-refractivity contribution in [1.82, 2.24) is 15.1 Å². The molecule has 0 atom stereocenters. The van der Waals surface area contributed by atoms with Crippen LogP contribution in [0.25, 0.3) is 11.3 Å². The van der Waals surface area contributed by atoms with Crippen LogP contribution in [0.1, 0.15) is 0 Å². The summed E-state index contributed by atoms with van der Waals surface area (Å²) in [5.41, 5.74) is 2.03. The molecule has 8 heteroatoms. The predicted molar refractivity (Wildman–Crippen MR) is 107 cm³/mol. The molecule has 148 valence electrons. The van der Waals surface area contributed by atoms with Gasteiger partial charge in [-0.1, -0.05) is 30.3 Å². The molecule has 0 radical (unpaired) electrons. The number of nitrogens with zero attached hydrogens (tertiary/aromatic N) is 4. The number of urea groups is 1. The number of benzene rings is 2. The van der Waals surface area contributed by atoms with Gasteiger partial charge >= 0.3 is 6.03 Å². The minimum absolute atomic E-state index is 0.221. The highest BCUT2D eigenvalue weighted by molar-refractivity contribution is 5.89. The zero-order valence-corrected chi connectivity index (χ0v) is 15.6. The number of piperazine rings is 1. The molecule has 0 bridgehead atoms. The predicted octanol–water partition coefficient (Wildman–Crippen LogP) is 3.78. The second kappa shape index (κ2) is 8.22. The molecule has 29 heavy (non-hydrogen) atoms. The lowest BCUT2D eigenvalue weighted by Crippen LogP contribution is -2.50. The summed E-state index contributed by atoms with van der Waals surface area (Å²) in [5.74, 6) is -1.19. The fourth-order valence-electron chi connectivity index (χ4n) is 3.17. The fraction of sp³-hybridized carbons (Fsp3) is 0.190. The van der Waals surface area contributed by atoms with Crippen LogP contribution in [-0.2, 0) is 0 Å². The summed E-state index contributed by atoms with van der Waals surface area (Å²) >= 11 is 0. The minimum atomic E-state index is -0.995. The number of rotatable bonds is 3. The van der Waals surface area contributed by atoms with Crippen LogP contribution in [0.15, 0.2) is 60.7 Å². The zero-order valence-electron chi connectivity index (χ0n) is 15.6. The number of nitrogens with one attached hydrogen (secondary N) is 1. The fourth-order valence-corrected chi connectivity index (χ4v) is 3.17. The molecule has 1 aliphatic heterocycles. The van der Waals surface area contributed by atoms with Crippen LogP contribution in [0.4, 0.5) is 25.1 Å². The number of hydrogen-bond acceptors (Lipinski definition) is 4. The van der Waals surface area contributed by atoms with E-state index in [1.54, 1.807) is 4.90 Å². The number of anilines is 2. The molecule has 0 unspecified atom stereocenters. The summed E-state index contributed by atoms with van der Waals surface area (Å²) in [7, 11) is 0. The van der Waals surface area contributed by atoms with Gasteiger partial charge in [0, 0.05) is 43.5 Å². The highest BCUT2D eigenvalue weighted by atomic mass is 19.2. The van der Waals surface area contributed by atoms with E-state index in [2.05, 4.69) is 20.4 Å². The van der Waals surface area contributed by atoms with Crippen LogP contribution < -0.4 is 10.2 Å². The van der Waals surface area contributed by atoms with Crippen molar-refractivity contribution in [3.63, 3.8) is 0 Å². The van der Waals surface area contributed by atoms with E-state index in [1.807, 2.05) is 42.5 Å². The largest absolute Gasteiger partial charge is 0.352 e. The average molecular weight is 395 g/mol. The number of amides is 2. The van der Waals surface area contributed by atoms with Crippen molar-refractivity contribution in [2.45, 2.75) is 0 Å². The standard InChI is InChI=1S/C21H19F2N5O/c22-17-7-6-16(14-18(17)23)24-21(29)28-12-10-27(11-13-28)20-9-8-19(25-26-20)15-4-2-1-3-5-15/h1-9,14H,10-13H2,(H,24,29). The van der Waals surface area contributed by atoms with Crippen molar-refractivity contribution in [2.75, 3.05) is 36.4 Å². The first-order chi connectivity index (χ1) is 14.1. The molecule has 2 heterocycles. The third-order valence-corrected chi connectivity index (χ3v) is 4.78. The van der Waals surface area contributed by atoms with Crippen LogP contribution in [0.2, 0.25) is 0 Å². The summed E-state index contributed by atoms with van der Waals surface area (Å²) in [6.45, 7) is 2.17. The van der Waals surface area contributed by atoms with Gasteiger partial charge in [-0.15, -0.1) is 10.2 Å². The van der Waals surface area contributed by atoms with Crippen LogP contribution >= 0.6 is 0 Å². The molecule has 6 nitrogen and oxygen atoms in total. The first-order valence-electron chi connectivity index (χ1n) is 9.25. The topological polar surface area (TPSA) is 61.4 Å². The Hall–Kier alpha value is -3.55. The van der Waals surface area contributed by atoms with Crippen molar-refractivity contribution in [3.8, 4) is 11.3 Å². The van der Waals surface area contributed by atoms with Gasteiger partial charge in [0.25, 0.3) is 0 Å². The Morgan fingerprint density at radius 2 is 1.62 bits per heavy atom. The maximum Gasteiger partial charge on any atom is 0.321 e. The number of hydrogen-bond donors (Lipinski definition) is 1. The Kier molecular flexibility index (Phi) is 5.33. The summed E-state index contributed by atoms with van der Waals surface area (Å²) < 4.78 is 26.3. The third-order valence-electron chi connectivity index (χ3n) is 4.78. The Bertz CT molecular complexity index is 990.